The van der Waals surface area contributed by atoms with Gasteiger partial charge in [0.1, 0.15) is 0 Å². The highest BCUT2D eigenvalue weighted by Crippen LogP contribution is 2.32. The molecule has 3 heteroatoms. The van der Waals surface area contributed by atoms with Crippen molar-refractivity contribution < 1.29 is 10.0 Å². The van der Waals surface area contributed by atoms with Crippen molar-refractivity contribution in [3.8, 4) is 0 Å². The molecule has 0 aromatic rings. The minimum absolute atomic E-state index is 0.139. The maximum atomic E-state index is 11.5. The van der Waals surface area contributed by atoms with Crippen molar-refractivity contribution in [2.75, 3.05) is 0 Å². The molecular weight excluding hydrogens is 214 g/mol. The van der Waals surface area contributed by atoms with Gasteiger partial charge in [-0.2, -0.15) is 0 Å². The molecule has 0 aromatic heterocycles. The molecule has 1 rings (SSSR count). The quantitative estimate of drug-likeness (QED) is 0.439. The van der Waals surface area contributed by atoms with Crippen LogP contribution in [0.15, 0.2) is 11.6 Å². The van der Waals surface area contributed by atoms with Crippen LogP contribution >= 0.6 is 0 Å². The van der Waals surface area contributed by atoms with E-state index in [2.05, 4.69) is 19.9 Å². The van der Waals surface area contributed by atoms with E-state index in [-0.39, 0.29) is 11.8 Å². The van der Waals surface area contributed by atoms with Gasteiger partial charge in [0.05, 0.1) is 5.92 Å². The van der Waals surface area contributed by atoms with Gasteiger partial charge in [-0.15, -0.1) is 0 Å². The highest BCUT2D eigenvalue weighted by Gasteiger charge is 2.24. The highest BCUT2D eigenvalue weighted by molar-refractivity contribution is 5.80. The molecule has 0 heterocycles. The summed E-state index contributed by atoms with van der Waals surface area (Å²) in [6.07, 6.45) is 7.52. The van der Waals surface area contributed by atoms with Gasteiger partial charge < -0.3 is 0 Å². The molecule has 0 fully saturated rings. The van der Waals surface area contributed by atoms with Gasteiger partial charge in [-0.05, 0) is 43.9 Å². The molecule has 0 unspecified atom stereocenters. The molecule has 1 amide bonds. The predicted molar refractivity (Wildman–Crippen MR) is 68.6 cm³/mol. The number of hydrogen-bond acceptors (Lipinski definition) is 2. The fraction of sp³-hybridized carbons (Fsp3) is 0.786. The first-order chi connectivity index (χ1) is 8.08. The lowest BCUT2D eigenvalue weighted by molar-refractivity contribution is -0.132. The average Bonchev–Trinajstić information content (AvgIpc) is 2.31. The first-order valence-corrected chi connectivity index (χ1v) is 6.71. The van der Waals surface area contributed by atoms with Gasteiger partial charge in [0.15, 0.2) is 0 Å². The molecule has 2 atom stereocenters. The predicted octanol–water partition coefficient (Wildman–Crippen LogP) is 3.29. The number of carbonyl (C=O) groups excluding carboxylic acids is 1. The van der Waals surface area contributed by atoms with Gasteiger partial charge in [0.2, 0.25) is 0 Å². The fourth-order valence-corrected chi connectivity index (χ4v) is 2.80. The molecular formula is C14H25NO2. The van der Waals surface area contributed by atoms with Crippen LogP contribution in [0.2, 0.25) is 0 Å². The molecule has 0 saturated heterocycles. The van der Waals surface area contributed by atoms with E-state index in [4.69, 9.17) is 5.21 Å². The summed E-state index contributed by atoms with van der Waals surface area (Å²) in [6, 6.07) is 0. The van der Waals surface area contributed by atoms with Crippen molar-refractivity contribution in [2.24, 2.45) is 17.8 Å². The summed E-state index contributed by atoms with van der Waals surface area (Å²) in [4.78, 5) is 11.5. The summed E-state index contributed by atoms with van der Waals surface area (Å²) >= 11 is 0. The van der Waals surface area contributed by atoms with Crippen molar-refractivity contribution in [1.82, 2.24) is 5.48 Å². The van der Waals surface area contributed by atoms with Crippen LogP contribution in [-0.4, -0.2) is 11.1 Å². The van der Waals surface area contributed by atoms with E-state index < -0.39 is 0 Å². The van der Waals surface area contributed by atoms with E-state index in [9.17, 15) is 4.79 Å². The second-order valence-corrected chi connectivity index (χ2v) is 5.49. The Balaban J connectivity index is 2.57. The van der Waals surface area contributed by atoms with Crippen molar-refractivity contribution in [3.05, 3.63) is 11.6 Å². The molecule has 2 N–H and O–H groups in total. The Hall–Kier alpha value is -0.830. The fourth-order valence-electron chi connectivity index (χ4n) is 2.80. The maximum Gasteiger partial charge on any atom is 0.250 e. The zero-order valence-electron chi connectivity index (χ0n) is 11.2. The zero-order valence-corrected chi connectivity index (χ0v) is 11.2. The van der Waals surface area contributed by atoms with Crippen molar-refractivity contribution in [2.45, 2.75) is 52.9 Å². The number of allylic oxidation sites excluding steroid dienone is 1. The van der Waals surface area contributed by atoms with Gasteiger partial charge in [-0.3, -0.25) is 10.0 Å². The molecule has 1 aliphatic carbocycles. The SMILES string of the molecule is CC[C@H](C(=O)NO)C1=CC[C@H](CC(C)C)CC1. The Kier molecular flexibility index (Phi) is 5.69. The van der Waals surface area contributed by atoms with Crippen LogP contribution < -0.4 is 5.48 Å². The minimum Gasteiger partial charge on any atom is -0.289 e. The Morgan fingerprint density at radius 2 is 2.29 bits per heavy atom. The molecule has 98 valence electrons. The smallest absolute Gasteiger partial charge is 0.250 e. The third-order valence-corrected chi connectivity index (χ3v) is 3.64. The lowest BCUT2D eigenvalue weighted by atomic mass is 9.80. The van der Waals surface area contributed by atoms with Crippen LogP contribution in [0.4, 0.5) is 0 Å². The van der Waals surface area contributed by atoms with Crippen LogP contribution in [0.3, 0.4) is 0 Å². The molecule has 1 aliphatic rings. The number of hydrogen-bond donors (Lipinski definition) is 2. The van der Waals surface area contributed by atoms with E-state index in [0.717, 1.165) is 31.1 Å². The second-order valence-electron chi connectivity index (χ2n) is 5.49. The molecule has 17 heavy (non-hydrogen) atoms. The van der Waals surface area contributed by atoms with E-state index in [1.54, 1.807) is 5.48 Å². The molecule has 0 bridgehead atoms. The first kappa shape index (κ1) is 14.2. The van der Waals surface area contributed by atoms with Crippen LogP contribution in [0.5, 0.6) is 0 Å². The topological polar surface area (TPSA) is 49.3 Å². The number of amides is 1. The van der Waals surface area contributed by atoms with Crippen LogP contribution in [0.1, 0.15) is 52.9 Å². The van der Waals surface area contributed by atoms with Crippen LogP contribution in [0, 0.1) is 17.8 Å². The first-order valence-electron chi connectivity index (χ1n) is 6.71. The highest BCUT2D eigenvalue weighted by atomic mass is 16.5. The van der Waals surface area contributed by atoms with E-state index in [0.29, 0.717) is 0 Å². The average molecular weight is 239 g/mol. The summed E-state index contributed by atoms with van der Waals surface area (Å²) in [5, 5.41) is 8.71. The van der Waals surface area contributed by atoms with Crippen molar-refractivity contribution in [1.29, 1.82) is 0 Å². The third-order valence-electron chi connectivity index (χ3n) is 3.64. The minimum atomic E-state index is -0.263. The summed E-state index contributed by atoms with van der Waals surface area (Å²) in [5.41, 5.74) is 2.98. The molecule has 0 spiro atoms. The number of nitrogens with one attached hydrogen (secondary N) is 1. The Morgan fingerprint density at radius 3 is 2.71 bits per heavy atom. The van der Waals surface area contributed by atoms with Crippen molar-refractivity contribution in [3.63, 3.8) is 0 Å². The lowest BCUT2D eigenvalue weighted by Crippen LogP contribution is -2.29. The standard InChI is InChI=1S/C14H25NO2/c1-4-13(14(16)15-17)12-7-5-11(6-8-12)9-10(2)3/h7,10-11,13,17H,4-6,8-9H2,1-3H3,(H,15,16)/t11-,13-/m0/s1. The van der Waals surface area contributed by atoms with Crippen LogP contribution in [0.25, 0.3) is 0 Å². The monoisotopic (exact) mass is 239 g/mol. The summed E-state index contributed by atoms with van der Waals surface area (Å²) in [6.45, 7) is 6.50. The van der Waals surface area contributed by atoms with Gasteiger partial charge in [0.25, 0.3) is 5.91 Å². The Labute approximate surface area is 104 Å². The van der Waals surface area contributed by atoms with Crippen LogP contribution in [-0.2, 0) is 4.79 Å². The van der Waals surface area contributed by atoms with Gasteiger partial charge in [-0.1, -0.05) is 32.4 Å². The summed E-state index contributed by atoms with van der Waals surface area (Å²) in [7, 11) is 0. The van der Waals surface area contributed by atoms with Crippen molar-refractivity contribution >= 4 is 5.91 Å². The number of rotatable bonds is 5. The Morgan fingerprint density at radius 1 is 1.59 bits per heavy atom. The summed E-state index contributed by atoms with van der Waals surface area (Å²) < 4.78 is 0. The molecule has 0 aromatic carbocycles. The molecule has 0 radical (unpaired) electrons. The molecule has 0 saturated carbocycles. The van der Waals surface area contributed by atoms with Gasteiger partial charge >= 0.3 is 0 Å². The normalized spacial score (nSPS) is 22.2. The maximum absolute atomic E-state index is 11.5. The summed E-state index contributed by atoms with van der Waals surface area (Å²) in [5.74, 6) is 1.12. The van der Waals surface area contributed by atoms with E-state index in [1.807, 2.05) is 6.92 Å². The zero-order chi connectivity index (χ0) is 12.8. The lowest BCUT2D eigenvalue weighted by Gasteiger charge is -2.26. The van der Waals surface area contributed by atoms with Gasteiger partial charge in [0, 0.05) is 0 Å². The molecule has 0 aliphatic heterocycles. The number of carbonyl (C=O) groups is 1. The van der Waals surface area contributed by atoms with E-state index in [1.165, 1.54) is 18.4 Å². The van der Waals surface area contributed by atoms with Gasteiger partial charge in [-0.25, -0.2) is 5.48 Å². The molecule has 3 nitrogen and oxygen atoms in total. The largest absolute Gasteiger partial charge is 0.289 e. The Bertz CT molecular complexity index is 284. The number of hydroxylamine groups is 1. The van der Waals surface area contributed by atoms with E-state index >= 15 is 0 Å². The second kappa shape index (κ2) is 6.80. The third kappa shape index (κ3) is 4.15.